The Kier molecular flexibility index (Phi) is 4.04. The Morgan fingerprint density at radius 3 is 2.84 bits per heavy atom. The molecule has 1 amide bonds. The number of anilines is 1. The van der Waals surface area contributed by atoms with Gasteiger partial charge in [-0.1, -0.05) is 6.07 Å². The standard InChI is InChI=1S/C14H19FN2O2/c1-9-2-4-11(14(16)19)7-17(9)13-5-3-10(8-18)6-12(13)15/h3,5-6,9,11,18H,2,4,7-8H2,1H3,(H2,16,19). The average molecular weight is 266 g/mol. The maximum absolute atomic E-state index is 14.1. The van der Waals surface area contributed by atoms with Crippen molar-refractivity contribution in [2.24, 2.45) is 11.7 Å². The maximum Gasteiger partial charge on any atom is 0.222 e. The van der Waals surface area contributed by atoms with E-state index in [2.05, 4.69) is 0 Å². The van der Waals surface area contributed by atoms with Gasteiger partial charge >= 0.3 is 0 Å². The zero-order valence-corrected chi connectivity index (χ0v) is 11.0. The van der Waals surface area contributed by atoms with Gasteiger partial charge in [0.1, 0.15) is 5.82 Å². The molecule has 5 heteroatoms. The van der Waals surface area contributed by atoms with Gasteiger partial charge in [-0.25, -0.2) is 4.39 Å². The van der Waals surface area contributed by atoms with Crippen LogP contribution in [0.25, 0.3) is 0 Å². The van der Waals surface area contributed by atoms with E-state index in [4.69, 9.17) is 10.8 Å². The summed E-state index contributed by atoms with van der Waals surface area (Å²) in [5, 5.41) is 8.99. The van der Waals surface area contributed by atoms with Crippen molar-refractivity contribution in [3.8, 4) is 0 Å². The van der Waals surface area contributed by atoms with Crippen LogP contribution in [0.5, 0.6) is 0 Å². The van der Waals surface area contributed by atoms with E-state index in [-0.39, 0.29) is 30.3 Å². The van der Waals surface area contributed by atoms with Crippen molar-refractivity contribution in [1.82, 2.24) is 0 Å². The lowest BCUT2D eigenvalue weighted by molar-refractivity contribution is -0.122. The van der Waals surface area contributed by atoms with Crippen molar-refractivity contribution in [1.29, 1.82) is 0 Å². The molecule has 0 spiro atoms. The molecule has 2 atom stereocenters. The van der Waals surface area contributed by atoms with Crippen LogP contribution < -0.4 is 10.6 Å². The predicted molar refractivity (Wildman–Crippen MR) is 71.0 cm³/mol. The number of hydrogen-bond acceptors (Lipinski definition) is 3. The van der Waals surface area contributed by atoms with E-state index >= 15 is 0 Å². The number of benzene rings is 1. The summed E-state index contributed by atoms with van der Waals surface area (Å²) in [5.74, 6) is -0.930. The molecule has 0 saturated carbocycles. The third-order valence-electron chi connectivity index (χ3n) is 3.79. The molecule has 0 aromatic heterocycles. The van der Waals surface area contributed by atoms with Gasteiger partial charge in [0.25, 0.3) is 0 Å². The van der Waals surface area contributed by atoms with E-state index in [1.54, 1.807) is 12.1 Å². The summed E-state index contributed by atoms with van der Waals surface area (Å²) in [6, 6.07) is 4.85. The molecule has 1 aromatic rings. The summed E-state index contributed by atoms with van der Waals surface area (Å²) in [6.45, 7) is 2.28. The molecule has 1 fully saturated rings. The van der Waals surface area contributed by atoms with E-state index in [1.807, 2.05) is 11.8 Å². The molecule has 0 radical (unpaired) electrons. The molecule has 1 aromatic carbocycles. The molecule has 1 heterocycles. The second-order valence-corrected chi connectivity index (χ2v) is 5.12. The molecule has 104 valence electrons. The zero-order chi connectivity index (χ0) is 14.0. The van der Waals surface area contributed by atoms with Crippen LogP contribution in [0.2, 0.25) is 0 Å². The van der Waals surface area contributed by atoms with Crippen LogP contribution in [-0.4, -0.2) is 23.6 Å². The SMILES string of the molecule is CC1CCC(C(N)=O)CN1c1ccc(CO)cc1F. The van der Waals surface area contributed by atoms with Crippen molar-refractivity contribution in [2.45, 2.75) is 32.4 Å². The number of piperidine rings is 1. The second kappa shape index (κ2) is 5.57. The van der Waals surface area contributed by atoms with Crippen molar-refractivity contribution < 1.29 is 14.3 Å². The van der Waals surface area contributed by atoms with Gasteiger partial charge < -0.3 is 15.7 Å². The summed E-state index contributed by atoms with van der Waals surface area (Å²) < 4.78 is 14.1. The minimum absolute atomic E-state index is 0.171. The normalized spacial score (nSPS) is 23.4. The van der Waals surface area contributed by atoms with Crippen LogP contribution in [0, 0.1) is 11.7 Å². The van der Waals surface area contributed by atoms with Crippen LogP contribution in [0.3, 0.4) is 0 Å². The summed E-state index contributed by atoms with van der Waals surface area (Å²) in [6.07, 6.45) is 1.57. The van der Waals surface area contributed by atoms with Crippen molar-refractivity contribution >= 4 is 11.6 Å². The molecular formula is C14H19FN2O2. The van der Waals surface area contributed by atoms with E-state index in [9.17, 15) is 9.18 Å². The number of nitrogens with zero attached hydrogens (tertiary/aromatic N) is 1. The summed E-state index contributed by atoms with van der Waals surface area (Å²) in [7, 11) is 0. The smallest absolute Gasteiger partial charge is 0.222 e. The molecular weight excluding hydrogens is 247 g/mol. The lowest BCUT2D eigenvalue weighted by Gasteiger charge is -2.38. The van der Waals surface area contributed by atoms with Gasteiger partial charge in [-0.15, -0.1) is 0 Å². The maximum atomic E-state index is 14.1. The third-order valence-corrected chi connectivity index (χ3v) is 3.79. The van der Waals surface area contributed by atoms with Gasteiger partial charge in [-0.05, 0) is 37.5 Å². The highest BCUT2D eigenvalue weighted by Gasteiger charge is 2.30. The molecule has 19 heavy (non-hydrogen) atoms. The minimum Gasteiger partial charge on any atom is -0.392 e. The summed E-state index contributed by atoms with van der Waals surface area (Å²) in [5.41, 5.74) is 6.35. The highest BCUT2D eigenvalue weighted by molar-refractivity contribution is 5.77. The lowest BCUT2D eigenvalue weighted by Crippen LogP contribution is -2.46. The average Bonchev–Trinajstić information content (AvgIpc) is 2.39. The largest absolute Gasteiger partial charge is 0.392 e. The molecule has 3 N–H and O–H groups in total. The number of carbonyl (C=O) groups is 1. The molecule has 0 aliphatic carbocycles. The third kappa shape index (κ3) is 2.87. The number of rotatable bonds is 3. The Morgan fingerprint density at radius 1 is 1.53 bits per heavy atom. The Balaban J connectivity index is 2.25. The Morgan fingerprint density at radius 2 is 2.26 bits per heavy atom. The quantitative estimate of drug-likeness (QED) is 0.869. The fourth-order valence-corrected chi connectivity index (χ4v) is 2.56. The molecule has 1 aliphatic heterocycles. The summed E-state index contributed by atoms with van der Waals surface area (Å²) in [4.78, 5) is 13.2. The van der Waals surface area contributed by atoms with E-state index in [0.717, 1.165) is 12.8 Å². The van der Waals surface area contributed by atoms with Crippen molar-refractivity contribution in [3.63, 3.8) is 0 Å². The van der Waals surface area contributed by atoms with Gasteiger partial charge in [0.05, 0.1) is 18.2 Å². The minimum atomic E-state index is -0.372. The fourth-order valence-electron chi connectivity index (χ4n) is 2.56. The Labute approximate surface area is 112 Å². The van der Waals surface area contributed by atoms with Crippen LogP contribution in [0.4, 0.5) is 10.1 Å². The first-order chi connectivity index (χ1) is 9.02. The molecule has 2 rings (SSSR count). The number of amides is 1. The number of carbonyl (C=O) groups excluding carboxylic acids is 1. The van der Waals surface area contributed by atoms with Gasteiger partial charge in [0.2, 0.25) is 5.91 Å². The van der Waals surface area contributed by atoms with Crippen LogP contribution in [0.15, 0.2) is 18.2 Å². The fraction of sp³-hybridized carbons (Fsp3) is 0.500. The number of hydrogen-bond donors (Lipinski definition) is 2. The van der Waals surface area contributed by atoms with E-state index < -0.39 is 0 Å². The summed E-state index contributed by atoms with van der Waals surface area (Å²) >= 11 is 0. The first-order valence-corrected chi connectivity index (χ1v) is 6.48. The van der Waals surface area contributed by atoms with Gasteiger partial charge in [-0.2, -0.15) is 0 Å². The molecule has 1 saturated heterocycles. The van der Waals surface area contributed by atoms with E-state index in [0.29, 0.717) is 17.8 Å². The number of aliphatic hydroxyl groups excluding tert-OH is 1. The van der Waals surface area contributed by atoms with Crippen molar-refractivity contribution in [3.05, 3.63) is 29.6 Å². The lowest BCUT2D eigenvalue weighted by atomic mass is 9.92. The van der Waals surface area contributed by atoms with Gasteiger partial charge in [0, 0.05) is 12.6 Å². The first-order valence-electron chi connectivity index (χ1n) is 6.48. The topological polar surface area (TPSA) is 66.6 Å². The Hall–Kier alpha value is -1.62. The van der Waals surface area contributed by atoms with Crippen LogP contribution in [-0.2, 0) is 11.4 Å². The van der Waals surface area contributed by atoms with Crippen molar-refractivity contribution in [2.75, 3.05) is 11.4 Å². The van der Waals surface area contributed by atoms with E-state index in [1.165, 1.54) is 6.07 Å². The predicted octanol–water partition coefficient (Wildman–Crippen LogP) is 1.41. The zero-order valence-electron chi connectivity index (χ0n) is 11.0. The molecule has 4 nitrogen and oxygen atoms in total. The number of nitrogens with two attached hydrogens (primary N) is 1. The van der Waals surface area contributed by atoms with Crippen LogP contribution >= 0.6 is 0 Å². The van der Waals surface area contributed by atoms with Gasteiger partial charge in [-0.3, -0.25) is 4.79 Å². The van der Waals surface area contributed by atoms with Gasteiger partial charge in [0.15, 0.2) is 0 Å². The highest BCUT2D eigenvalue weighted by Crippen LogP contribution is 2.30. The van der Waals surface area contributed by atoms with Crippen LogP contribution in [0.1, 0.15) is 25.3 Å². The Bertz CT molecular complexity index is 479. The highest BCUT2D eigenvalue weighted by atomic mass is 19.1. The number of primary amides is 1. The second-order valence-electron chi connectivity index (χ2n) is 5.12. The monoisotopic (exact) mass is 266 g/mol. The number of halogens is 1. The first kappa shape index (κ1) is 13.8. The number of aliphatic hydroxyl groups is 1. The molecule has 0 bridgehead atoms. The molecule has 2 unspecified atom stereocenters. The molecule has 1 aliphatic rings.